The highest BCUT2D eigenvalue weighted by atomic mass is 16.5. The molecule has 0 saturated heterocycles. The molecule has 22 heavy (non-hydrogen) atoms. The van der Waals surface area contributed by atoms with E-state index in [0.29, 0.717) is 6.04 Å². The molecule has 0 bridgehead atoms. The van der Waals surface area contributed by atoms with Gasteiger partial charge in [-0.25, -0.2) is 0 Å². The number of fused-ring (bicyclic) bond motifs is 1. The third-order valence-electron chi connectivity index (χ3n) is 4.85. The first-order valence-electron chi connectivity index (χ1n) is 8.85. The van der Waals surface area contributed by atoms with E-state index in [0.717, 1.165) is 24.5 Å². The maximum atomic E-state index is 6.50. The molecule has 1 atom stereocenters. The molecule has 0 aromatic heterocycles. The second kappa shape index (κ2) is 6.49. The van der Waals surface area contributed by atoms with Crippen LogP contribution in [0.5, 0.6) is 11.5 Å². The average molecular weight is 303 g/mol. The van der Waals surface area contributed by atoms with Crippen molar-refractivity contribution in [3.63, 3.8) is 0 Å². The van der Waals surface area contributed by atoms with E-state index in [1.165, 1.54) is 37.7 Å². The van der Waals surface area contributed by atoms with E-state index in [2.05, 4.69) is 38.2 Å². The normalized spacial score (nSPS) is 23.2. The summed E-state index contributed by atoms with van der Waals surface area (Å²) in [6, 6.07) is 6.69. The van der Waals surface area contributed by atoms with Crippen LogP contribution in [0.15, 0.2) is 18.2 Å². The lowest BCUT2D eigenvalue weighted by atomic mass is 9.77. The maximum Gasteiger partial charge on any atom is 0.125 e. The molecule has 1 aromatic rings. The largest absolute Gasteiger partial charge is 0.491 e. The van der Waals surface area contributed by atoms with Crippen molar-refractivity contribution >= 4 is 0 Å². The Balaban J connectivity index is 1.89. The van der Waals surface area contributed by atoms with Gasteiger partial charge in [-0.15, -0.1) is 0 Å². The monoisotopic (exact) mass is 303 g/mol. The Morgan fingerprint density at radius 2 is 2.05 bits per heavy atom. The summed E-state index contributed by atoms with van der Waals surface area (Å²) in [5.74, 6) is 2.00. The summed E-state index contributed by atoms with van der Waals surface area (Å²) in [5.41, 5.74) is 1.31. The van der Waals surface area contributed by atoms with Crippen molar-refractivity contribution in [2.24, 2.45) is 0 Å². The average Bonchev–Trinajstić information content (AvgIpc) is 2.48. The molecule has 1 aliphatic heterocycles. The van der Waals surface area contributed by atoms with Gasteiger partial charge in [0.2, 0.25) is 0 Å². The van der Waals surface area contributed by atoms with Crippen LogP contribution in [0.4, 0.5) is 0 Å². The summed E-state index contributed by atoms with van der Waals surface area (Å²) in [7, 11) is 0. The molecule has 0 radical (unpaired) electrons. The molecule has 1 heterocycles. The van der Waals surface area contributed by atoms with Gasteiger partial charge in [-0.3, -0.25) is 0 Å². The van der Waals surface area contributed by atoms with E-state index in [-0.39, 0.29) is 11.7 Å². The highest BCUT2D eigenvalue weighted by Gasteiger charge is 2.41. The van der Waals surface area contributed by atoms with Gasteiger partial charge in [0.25, 0.3) is 0 Å². The lowest BCUT2D eigenvalue weighted by Gasteiger charge is -2.45. The zero-order chi connectivity index (χ0) is 15.6. The van der Waals surface area contributed by atoms with E-state index >= 15 is 0 Å². The van der Waals surface area contributed by atoms with E-state index < -0.39 is 0 Å². The van der Waals surface area contributed by atoms with Gasteiger partial charge in [0.05, 0.1) is 6.10 Å². The topological polar surface area (TPSA) is 30.5 Å². The molecule has 3 nitrogen and oxygen atoms in total. The molecule has 2 aliphatic rings. The van der Waals surface area contributed by atoms with Crippen LogP contribution in [0.1, 0.15) is 70.9 Å². The molecular weight excluding hydrogens is 274 g/mol. The molecular formula is C19H29NO2. The molecule has 122 valence electrons. The molecule has 1 aromatic carbocycles. The third kappa shape index (κ3) is 3.24. The highest BCUT2D eigenvalue weighted by Crippen LogP contribution is 2.47. The van der Waals surface area contributed by atoms with Gasteiger partial charge in [-0.2, -0.15) is 0 Å². The Morgan fingerprint density at radius 3 is 2.73 bits per heavy atom. The van der Waals surface area contributed by atoms with Gasteiger partial charge in [-0.05, 0) is 64.3 Å². The second-order valence-corrected chi connectivity index (χ2v) is 7.03. The zero-order valence-electron chi connectivity index (χ0n) is 14.2. The summed E-state index contributed by atoms with van der Waals surface area (Å²) in [5, 5.41) is 3.66. The van der Waals surface area contributed by atoms with Crippen LogP contribution in [-0.2, 0) is 0 Å². The van der Waals surface area contributed by atoms with Gasteiger partial charge < -0.3 is 14.8 Å². The summed E-state index contributed by atoms with van der Waals surface area (Å²) in [4.78, 5) is 0. The fourth-order valence-electron chi connectivity index (χ4n) is 3.92. The minimum absolute atomic E-state index is 0.0541. The summed E-state index contributed by atoms with van der Waals surface area (Å²) in [6.45, 7) is 7.29. The molecule has 1 unspecified atom stereocenters. The van der Waals surface area contributed by atoms with Crippen LogP contribution in [0.3, 0.4) is 0 Å². The van der Waals surface area contributed by atoms with Crippen LogP contribution in [-0.4, -0.2) is 18.2 Å². The molecule has 1 fully saturated rings. The van der Waals surface area contributed by atoms with Crippen LogP contribution in [0.25, 0.3) is 0 Å². The van der Waals surface area contributed by atoms with Crippen molar-refractivity contribution < 1.29 is 9.47 Å². The van der Waals surface area contributed by atoms with E-state index in [4.69, 9.17) is 9.47 Å². The van der Waals surface area contributed by atoms with E-state index in [1.54, 1.807) is 0 Å². The fraction of sp³-hybridized carbons (Fsp3) is 0.684. The number of rotatable bonds is 4. The highest BCUT2D eigenvalue weighted by molar-refractivity contribution is 5.44. The van der Waals surface area contributed by atoms with Crippen molar-refractivity contribution in [1.82, 2.24) is 5.32 Å². The van der Waals surface area contributed by atoms with E-state index in [9.17, 15) is 0 Å². The first-order valence-corrected chi connectivity index (χ1v) is 8.85. The Hall–Kier alpha value is -1.22. The minimum atomic E-state index is 0.0541. The molecule has 0 amide bonds. The smallest absolute Gasteiger partial charge is 0.125 e. The van der Waals surface area contributed by atoms with Gasteiger partial charge in [0.15, 0.2) is 0 Å². The lowest BCUT2D eigenvalue weighted by Crippen LogP contribution is -2.45. The van der Waals surface area contributed by atoms with Gasteiger partial charge in [0.1, 0.15) is 17.1 Å². The van der Waals surface area contributed by atoms with Crippen molar-refractivity contribution in [2.45, 2.75) is 77.0 Å². The first kappa shape index (κ1) is 15.7. The molecule has 1 saturated carbocycles. The predicted octanol–water partition coefficient (Wildman–Crippen LogP) is 4.61. The van der Waals surface area contributed by atoms with Crippen molar-refractivity contribution in [3.8, 4) is 11.5 Å². The second-order valence-electron chi connectivity index (χ2n) is 7.03. The van der Waals surface area contributed by atoms with E-state index in [1.807, 2.05) is 6.07 Å². The van der Waals surface area contributed by atoms with Crippen LogP contribution < -0.4 is 14.8 Å². The first-order chi connectivity index (χ1) is 10.6. The Bertz CT molecular complexity index is 506. The van der Waals surface area contributed by atoms with Crippen LogP contribution in [0.2, 0.25) is 0 Å². The SMILES string of the molecule is CCNC1CC2(CCCCC2)Oc2ccc(OC(C)C)cc21. The van der Waals surface area contributed by atoms with Gasteiger partial charge in [-0.1, -0.05) is 13.3 Å². The molecule has 1 N–H and O–H groups in total. The number of hydrogen-bond donors (Lipinski definition) is 1. The number of benzene rings is 1. The molecule has 3 rings (SSSR count). The quantitative estimate of drug-likeness (QED) is 0.881. The number of ether oxygens (including phenoxy) is 2. The molecule has 3 heteroatoms. The lowest BCUT2D eigenvalue weighted by molar-refractivity contribution is -0.00260. The number of nitrogens with one attached hydrogen (secondary N) is 1. The fourth-order valence-corrected chi connectivity index (χ4v) is 3.92. The van der Waals surface area contributed by atoms with Crippen LogP contribution in [0, 0.1) is 0 Å². The Morgan fingerprint density at radius 1 is 1.27 bits per heavy atom. The molecule has 1 aliphatic carbocycles. The summed E-state index contributed by atoms with van der Waals surface area (Å²) in [6.07, 6.45) is 7.61. The van der Waals surface area contributed by atoms with Crippen molar-refractivity contribution in [1.29, 1.82) is 0 Å². The van der Waals surface area contributed by atoms with Crippen LogP contribution >= 0.6 is 0 Å². The maximum absolute atomic E-state index is 6.50. The van der Waals surface area contributed by atoms with Gasteiger partial charge in [0, 0.05) is 18.0 Å². The summed E-state index contributed by atoms with van der Waals surface area (Å²) >= 11 is 0. The Kier molecular flexibility index (Phi) is 4.62. The minimum Gasteiger partial charge on any atom is -0.491 e. The Labute approximate surface area is 134 Å². The summed E-state index contributed by atoms with van der Waals surface area (Å²) < 4.78 is 12.4. The number of hydrogen-bond acceptors (Lipinski definition) is 3. The van der Waals surface area contributed by atoms with Crippen molar-refractivity contribution in [2.75, 3.05) is 6.54 Å². The predicted molar refractivity (Wildman–Crippen MR) is 89.7 cm³/mol. The molecule has 1 spiro atoms. The van der Waals surface area contributed by atoms with Crippen molar-refractivity contribution in [3.05, 3.63) is 23.8 Å². The zero-order valence-corrected chi connectivity index (χ0v) is 14.2. The standard InChI is InChI=1S/C19H29NO2/c1-4-20-17-13-19(10-6-5-7-11-19)22-18-9-8-15(12-16(17)18)21-14(2)3/h8-9,12,14,17,20H,4-7,10-11,13H2,1-3H3. The third-order valence-corrected chi connectivity index (χ3v) is 4.85. The van der Waals surface area contributed by atoms with Gasteiger partial charge >= 0.3 is 0 Å².